The van der Waals surface area contributed by atoms with Crippen LogP contribution in [-0.2, 0) is 0 Å². The summed E-state index contributed by atoms with van der Waals surface area (Å²) in [5.74, 6) is 1.66. The molecule has 2 fully saturated rings. The van der Waals surface area contributed by atoms with Crippen molar-refractivity contribution in [1.29, 1.82) is 0 Å². The van der Waals surface area contributed by atoms with Crippen molar-refractivity contribution in [3.05, 3.63) is 84.0 Å². The molecule has 200 valence electrons. The van der Waals surface area contributed by atoms with Crippen LogP contribution in [-0.4, -0.2) is 0 Å². The molecule has 2 saturated carbocycles. The molecular formula is C36H56. The van der Waals surface area contributed by atoms with Crippen LogP contribution in [0.15, 0.2) is 84.0 Å². The topological polar surface area (TPSA) is 0 Å². The summed E-state index contributed by atoms with van der Waals surface area (Å²) in [4.78, 5) is 0. The predicted molar refractivity (Wildman–Crippen MR) is 162 cm³/mol. The summed E-state index contributed by atoms with van der Waals surface area (Å²) in [6.45, 7) is 27.0. The van der Waals surface area contributed by atoms with Crippen LogP contribution in [0.5, 0.6) is 0 Å². The lowest BCUT2D eigenvalue weighted by Crippen LogP contribution is -2.47. The smallest absolute Gasteiger partial charge is 0.0101 e. The molecule has 0 nitrogen and oxygen atoms in total. The molecule has 0 aromatic heterocycles. The number of fused-ring (bicyclic) bond motifs is 5. The van der Waals surface area contributed by atoms with Gasteiger partial charge in [0.1, 0.15) is 0 Å². The van der Waals surface area contributed by atoms with Crippen LogP contribution < -0.4 is 0 Å². The summed E-state index contributed by atoms with van der Waals surface area (Å²) in [6, 6.07) is 12.0. The molecule has 5 rings (SSSR count). The Labute approximate surface area is 225 Å². The van der Waals surface area contributed by atoms with E-state index in [9.17, 15) is 0 Å². The maximum Gasteiger partial charge on any atom is 0.0101 e. The summed E-state index contributed by atoms with van der Waals surface area (Å²) < 4.78 is 0. The minimum atomic E-state index is 0.326. The third-order valence-electron chi connectivity index (χ3n) is 9.93. The molecule has 4 aliphatic rings. The van der Waals surface area contributed by atoms with Crippen molar-refractivity contribution in [3.8, 4) is 0 Å². The fourth-order valence-corrected chi connectivity index (χ4v) is 7.55. The van der Waals surface area contributed by atoms with Gasteiger partial charge in [0.15, 0.2) is 0 Å². The molecule has 0 N–H and O–H groups in total. The van der Waals surface area contributed by atoms with E-state index in [1.165, 1.54) is 62.5 Å². The summed E-state index contributed by atoms with van der Waals surface area (Å²) in [5.41, 5.74) is 7.37. The minimum Gasteiger partial charge on any atom is -0.0993 e. The third-order valence-corrected chi connectivity index (χ3v) is 9.93. The van der Waals surface area contributed by atoms with Gasteiger partial charge in [-0.05, 0) is 74.0 Å². The second kappa shape index (κ2) is 13.1. The standard InChI is InChI=1S/C25H36.C6H6.C3H8.C2H6/c1-7-18(3)24(5)14-12-22-20-9-8-19-16-17(2)10-13-23(19,4)21(20)11-15-25(22,24)6;1-2-4-6-5-3-1;1-3-2;1-2/h11,16,20,22H,2-3,7-10,12-15H2,1,4-6H3;1-6H;3H2,1-2H3;1-2H3/t20?,22?,23-,24+,25-;;;/m0.../s1. The zero-order chi connectivity index (χ0) is 27.0. The van der Waals surface area contributed by atoms with Gasteiger partial charge in [0.05, 0.1) is 0 Å². The summed E-state index contributed by atoms with van der Waals surface area (Å²) in [7, 11) is 0. The first-order chi connectivity index (χ1) is 17.2. The molecule has 36 heavy (non-hydrogen) atoms. The maximum atomic E-state index is 4.52. The zero-order valence-electron chi connectivity index (χ0n) is 25.1. The molecule has 0 bridgehead atoms. The minimum absolute atomic E-state index is 0.326. The van der Waals surface area contributed by atoms with Gasteiger partial charge in [0, 0.05) is 5.41 Å². The summed E-state index contributed by atoms with van der Waals surface area (Å²) in [5, 5.41) is 0. The van der Waals surface area contributed by atoms with E-state index in [1.54, 1.807) is 11.1 Å². The van der Waals surface area contributed by atoms with Crippen molar-refractivity contribution in [3.63, 3.8) is 0 Å². The van der Waals surface area contributed by atoms with Crippen LogP contribution in [0.4, 0.5) is 0 Å². The second-order valence-electron chi connectivity index (χ2n) is 11.9. The summed E-state index contributed by atoms with van der Waals surface area (Å²) >= 11 is 0. The highest BCUT2D eigenvalue weighted by molar-refractivity contribution is 5.43. The van der Waals surface area contributed by atoms with Crippen LogP contribution in [0.1, 0.15) is 113 Å². The molecule has 1 aromatic rings. The van der Waals surface area contributed by atoms with Crippen molar-refractivity contribution in [1.82, 2.24) is 0 Å². The van der Waals surface area contributed by atoms with Crippen molar-refractivity contribution < 1.29 is 0 Å². The lowest BCUT2D eigenvalue weighted by molar-refractivity contribution is 0.0483. The monoisotopic (exact) mass is 488 g/mol. The number of rotatable bonds is 2. The van der Waals surface area contributed by atoms with E-state index in [0.29, 0.717) is 16.2 Å². The van der Waals surface area contributed by atoms with Crippen LogP contribution in [0.2, 0.25) is 0 Å². The van der Waals surface area contributed by atoms with Gasteiger partial charge in [-0.15, -0.1) is 0 Å². The number of hydrogen-bond acceptors (Lipinski definition) is 0. The number of benzene rings is 1. The van der Waals surface area contributed by atoms with Gasteiger partial charge < -0.3 is 0 Å². The second-order valence-corrected chi connectivity index (χ2v) is 11.9. The number of allylic oxidation sites excluding steroid dienone is 6. The Morgan fingerprint density at radius 1 is 0.889 bits per heavy atom. The highest BCUT2D eigenvalue weighted by Gasteiger charge is 2.60. The quantitative estimate of drug-likeness (QED) is 0.363. The van der Waals surface area contributed by atoms with Crippen LogP contribution in [0.3, 0.4) is 0 Å². The van der Waals surface area contributed by atoms with Crippen LogP contribution in [0, 0.1) is 28.1 Å². The SMILES string of the molecule is C=C1C=C2CCC3C(=CC[C@@]4(C)C3CC[C@]4(C)C(=C)CC)[C@@]2(C)CC1.CC.CCC.c1ccccc1. The van der Waals surface area contributed by atoms with Crippen molar-refractivity contribution >= 4 is 0 Å². The molecule has 5 atom stereocenters. The van der Waals surface area contributed by atoms with Crippen molar-refractivity contribution in [2.75, 3.05) is 0 Å². The molecule has 0 saturated heterocycles. The first kappa shape index (κ1) is 30.4. The molecule has 0 heteroatoms. The Morgan fingerprint density at radius 2 is 1.44 bits per heavy atom. The molecule has 0 spiro atoms. The van der Waals surface area contributed by atoms with Crippen LogP contribution >= 0.6 is 0 Å². The van der Waals surface area contributed by atoms with Gasteiger partial charge >= 0.3 is 0 Å². The first-order valence-electron chi connectivity index (χ1n) is 15.0. The zero-order valence-corrected chi connectivity index (χ0v) is 25.1. The molecule has 2 unspecified atom stereocenters. The summed E-state index contributed by atoms with van der Waals surface area (Å²) in [6.07, 6.45) is 16.6. The van der Waals surface area contributed by atoms with Gasteiger partial charge in [-0.2, -0.15) is 0 Å². The highest BCUT2D eigenvalue weighted by atomic mass is 14.6. The van der Waals surface area contributed by atoms with Gasteiger partial charge in [-0.3, -0.25) is 0 Å². The predicted octanol–water partition coefficient (Wildman–Crippen LogP) is 11.5. The Balaban J connectivity index is 0.000000350. The van der Waals surface area contributed by atoms with Gasteiger partial charge in [0.25, 0.3) is 0 Å². The van der Waals surface area contributed by atoms with Crippen molar-refractivity contribution in [2.45, 2.75) is 113 Å². The van der Waals surface area contributed by atoms with Gasteiger partial charge in [0.2, 0.25) is 0 Å². The first-order valence-corrected chi connectivity index (χ1v) is 15.0. The molecule has 1 aromatic carbocycles. The Hall–Kier alpha value is -1.82. The highest BCUT2D eigenvalue weighted by Crippen LogP contribution is 2.69. The Kier molecular flexibility index (Phi) is 11.1. The normalized spacial score (nSPS) is 33.8. The van der Waals surface area contributed by atoms with E-state index in [-0.39, 0.29) is 0 Å². The molecule has 0 aliphatic heterocycles. The lowest BCUT2D eigenvalue weighted by Gasteiger charge is -2.56. The van der Waals surface area contributed by atoms with Gasteiger partial charge in [-0.1, -0.05) is 146 Å². The Morgan fingerprint density at radius 3 is 1.97 bits per heavy atom. The molecular weight excluding hydrogens is 432 g/mol. The average Bonchev–Trinajstić information content (AvgIpc) is 3.18. The molecule has 4 aliphatic carbocycles. The van der Waals surface area contributed by atoms with Gasteiger partial charge in [-0.25, -0.2) is 0 Å². The van der Waals surface area contributed by atoms with E-state index in [2.05, 4.69) is 66.9 Å². The van der Waals surface area contributed by atoms with E-state index in [4.69, 9.17) is 0 Å². The average molecular weight is 489 g/mol. The fourth-order valence-electron chi connectivity index (χ4n) is 7.55. The van der Waals surface area contributed by atoms with Crippen molar-refractivity contribution in [2.24, 2.45) is 28.1 Å². The maximum absolute atomic E-state index is 4.52. The van der Waals surface area contributed by atoms with E-state index in [0.717, 1.165) is 18.3 Å². The largest absolute Gasteiger partial charge is 0.0993 e. The van der Waals surface area contributed by atoms with E-state index < -0.39 is 0 Å². The third kappa shape index (κ3) is 5.69. The number of hydrogen-bond donors (Lipinski definition) is 0. The Bertz CT molecular complexity index is 888. The lowest BCUT2D eigenvalue weighted by atomic mass is 9.48. The molecule has 0 amide bonds. The van der Waals surface area contributed by atoms with Crippen LogP contribution in [0.25, 0.3) is 0 Å². The molecule has 0 heterocycles. The fraction of sp³-hybridized carbons (Fsp3) is 0.611. The van der Waals surface area contributed by atoms with E-state index in [1.807, 2.05) is 50.2 Å². The molecule has 0 radical (unpaired) electrons. The van der Waals surface area contributed by atoms with E-state index >= 15 is 0 Å².